The Morgan fingerprint density at radius 3 is 2.61 bits per heavy atom. The lowest BCUT2D eigenvalue weighted by Crippen LogP contribution is -2.42. The SMILES string of the molecule is FC(F)(F)c1cc(Cl)cc(Oc2ccc(C3CCCN4CCSN=C34)cc2)c1. The first kappa shape index (κ1) is 19.5. The lowest BCUT2D eigenvalue weighted by Gasteiger charge is -2.37. The summed E-state index contributed by atoms with van der Waals surface area (Å²) in [6.07, 6.45) is -2.31. The summed E-state index contributed by atoms with van der Waals surface area (Å²) in [6, 6.07) is 10.7. The molecule has 1 atom stereocenters. The van der Waals surface area contributed by atoms with Crippen LogP contribution in [0.15, 0.2) is 46.9 Å². The molecule has 2 heterocycles. The van der Waals surface area contributed by atoms with Crippen molar-refractivity contribution < 1.29 is 17.9 Å². The van der Waals surface area contributed by atoms with E-state index in [0.717, 1.165) is 55.2 Å². The molecule has 2 aliphatic rings. The molecule has 0 spiro atoms. The molecule has 148 valence electrons. The van der Waals surface area contributed by atoms with E-state index in [4.69, 9.17) is 16.3 Å². The van der Waals surface area contributed by atoms with Crippen LogP contribution in [-0.2, 0) is 6.18 Å². The van der Waals surface area contributed by atoms with Gasteiger partial charge in [0.25, 0.3) is 0 Å². The van der Waals surface area contributed by atoms with Crippen LogP contribution in [0.25, 0.3) is 0 Å². The van der Waals surface area contributed by atoms with Gasteiger partial charge in [-0.25, -0.2) is 4.40 Å². The van der Waals surface area contributed by atoms with E-state index in [9.17, 15) is 13.2 Å². The first-order chi connectivity index (χ1) is 13.4. The zero-order valence-electron chi connectivity index (χ0n) is 14.9. The topological polar surface area (TPSA) is 24.8 Å². The van der Waals surface area contributed by atoms with Gasteiger partial charge in [-0.2, -0.15) is 13.2 Å². The fraction of sp³-hybridized carbons (Fsp3) is 0.350. The second-order valence-corrected chi connectivity index (χ2v) is 8.09. The molecule has 0 bridgehead atoms. The number of rotatable bonds is 3. The lowest BCUT2D eigenvalue weighted by atomic mass is 9.89. The minimum atomic E-state index is -4.47. The standard InChI is InChI=1S/C20H18ClF3N2OS/c21-15-10-14(20(22,23)24)11-17(12-15)27-16-5-3-13(4-6-16)18-2-1-7-26-8-9-28-25-19(18)26/h3-6,10-12,18H,1-2,7-9H2. The highest BCUT2D eigenvalue weighted by Crippen LogP contribution is 2.37. The van der Waals surface area contributed by atoms with Crippen LogP contribution in [0.4, 0.5) is 13.2 Å². The third-order valence-corrected chi connectivity index (χ3v) is 5.78. The van der Waals surface area contributed by atoms with Gasteiger partial charge in [0.1, 0.15) is 17.3 Å². The molecule has 1 fully saturated rings. The molecule has 0 saturated carbocycles. The quantitative estimate of drug-likeness (QED) is 0.531. The maximum Gasteiger partial charge on any atom is 0.416 e. The summed E-state index contributed by atoms with van der Waals surface area (Å²) in [6.45, 7) is 2.07. The van der Waals surface area contributed by atoms with Crippen LogP contribution in [0.5, 0.6) is 11.5 Å². The van der Waals surface area contributed by atoms with Crippen LogP contribution in [0.3, 0.4) is 0 Å². The summed E-state index contributed by atoms with van der Waals surface area (Å²) in [5.74, 6) is 2.92. The van der Waals surface area contributed by atoms with Crippen molar-refractivity contribution in [3.8, 4) is 11.5 Å². The van der Waals surface area contributed by atoms with E-state index in [2.05, 4.69) is 9.30 Å². The lowest BCUT2D eigenvalue weighted by molar-refractivity contribution is -0.137. The van der Waals surface area contributed by atoms with E-state index in [1.165, 1.54) is 6.07 Å². The molecule has 2 aromatic rings. The number of piperidine rings is 1. The molecule has 2 aromatic carbocycles. The summed E-state index contributed by atoms with van der Waals surface area (Å²) >= 11 is 7.42. The van der Waals surface area contributed by atoms with Gasteiger partial charge in [-0.05, 0) is 60.7 Å². The van der Waals surface area contributed by atoms with Crippen molar-refractivity contribution in [2.45, 2.75) is 24.9 Å². The van der Waals surface area contributed by atoms with Crippen LogP contribution in [-0.4, -0.2) is 29.6 Å². The fourth-order valence-corrected chi connectivity index (χ4v) is 4.56. The Balaban J connectivity index is 1.53. The first-order valence-corrected chi connectivity index (χ1v) is 10.3. The number of nitrogens with zero attached hydrogens (tertiary/aromatic N) is 2. The molecule has 28 heavy (non-hydrogen) atoms. The number of halogens is 4. The van der Waals surface area contributed by atoms with Gasteiger partial charge < -0.3 is 9.64 Å². The molecule has 1 saturated heterocycles. The van der Waals surface area contributed by atoms with Gasteiger partial charge in [0, 0.05) is 29.8 Å². The zero-order valence-corrected chi connectivity index (χ0v) is 16.4. The molecule has 0 aromatic heterocycles. The van der Waals surface area contributed by atoms with Gasteiger partial charge in [-0.1, -0.05) is 23.7 Å². The number of hydrogen-bond acceptors (Lipinski definition) is 4. The molecule has 3 nitrogen and oxygen atoms in total. The van der Waals surface area contributed by atoms with Crippen LogP contribution in [0, 0.1) is 0 Å². The monoisotopic (exact) mass is 426 g/mol. The summed E-state index contributed by atoms with van der Waals surface area (Å²) in [5, 5.41) is -0.0171. The maximum absolute atomic E-state index is 13.0. The van der Waals surface area contributed by atoms with Gasteiger partial charge in [0.2, 0.25) is 0 Å². The van der Waals surface area contributed by atoms with Crippen LogP contribution < -0.4 is 4.74 Å². The van der Waals surface area contributed by atoms with E-state index >= 15 is 0 Å². The normalized spacial score (nSPS) is 19.8. The highest BCUT2D eigenvalue weighted by molar-refractivity contribution is 7.98. The zero-order chi connectivity index (χ0) is 19.7. The molecular weight excluding hydrogens is 409 g/mol. The molecular formula is C20H18ClF3N2OS. The second kappa shape index (κ2) is 7.87. The smallest absolute Gasteiger partial charge is 0.416 e. The average molecular weight is 427 g/mol. The number of alkyl halides is 3. The number of benzene rings is 2. The minimum Gasteiger partial charge on any atom is -0.457 e. The van der Waals surface area contributed by atoms with Crippen LogP contribution >= 0.6 is 23.5 Å². The predicted octanol–water partition coefficient (Wildman–Crippen LogP) is 6.39. The first-order valence-electron chi connectivity index (χ1n) is 9.00. The van der Waals surface area contributed by atoms with E-state index in [1.807, 2.05) is 12.1 Å². The summed E-state index contributed by atoms with van der Waals surface area (Å²) in [7, 11) is 0. The van der Waals surface area contributed by atoms with Crippen molar-refractivity contribution in [3.05, 3.63) is 58.6 Å². The number of amidine groups is 1. The Bertz CT molecular complexity index is 886. The molecule has 0 N–H and O–H groups in total. The summed E-state index contributed by atoms with van der Waals surface area (Å²) in [5.41, 5.74) is 0.308. The highest BCUT2D eigenvalue weighted by Gasteiger charge is 2.32. The summed E-state index contributed by atoms with van der Waals surface area (Å²) in [4.78, 5) is 2.35. The van der Waals surface area contributed by atoms with E-state index in [0.29, 0.717) is 5.75 Å². The Morgan fingerprint density at radius 1 is 1.07 bits per heavy atom. The van der Waals surface area contributed by atoms with E-state index in [-0.39, 0.29) is 16.7 Å². The Kier molecular flexibility index (Phi) is 5.47. The third-order valence-electron chi connectivity index (χ3n) is 4.88. The van der Waals surface area contributed by atoms with E-state index in [1.54, 1.807) is 24.1 Å². The Hall–Kier alpha value is -1.86. The number of ether oxygens (including phenoxy) is 1. The molecule has 8 heteroatoms. The highest BCUT2D eigenvalue weighted by atomic mass is 35.5. The molecule has 2 aliphatic heterocycles. The largest absolute Gasteiger partial charge is 0.457 e. The van der Waals surface area contributed by atoms with Gasteiger partial charge in [0.15, 0.2) is 0 Å². The minimum absolute atomic E-state index is 0.0171. The maximum atomic E-state index is 13.0. The fourth-order valence-electron chi connectivity index (χ4n) is 3.57. The molecule has 0 aliphatic carbocycles. The molecule has 1 unspecified atom stereocenters. The van der Waals surface area contributed by atoms with Gasteiger partial charge in [-0.15, -0.1) is 0 Å². The van der Waals surface area contributed by atoms with Crippen molar-refractivity contribution in [2.24, 2.45) is 4.40 Å². The van der Waals surface area contributed by atoms with Crippen molar-refractivity contribution >= 4 is 29.4 Å². The Labute approximate surface area is 170 Å². The van der Waals surface area contributed by atoms with Crippen LogP contribution in [0.2, 0.25) is 5.02 Å². The van der Waals surface area contributed by atoms with Crippen molar-refractivity contribution in [3.63, 3.8) is 0 Å². The molecule has 0 amide bonds. The number of hydrogen-bond donors (Lipinski definition) is 0. The average Bonchev–Trinajstić information content (AvgIpc) is 2.67. The van der Waals surface area contributed by atoms with Crippen molar-refractivity contribution in [1.82, 2.24) is 4.90 Å². The van der Waals surface area contributed by atoms with Gasteiger partial charge in [-0.3, -0.25) is 0 Å². The van der Waals surface area contributed by atoms with Crippen molar-refractivity contribution in [2.75, 3.05) is 18.8 Å². The predicted molar refractivity (Wildman–Crippen MR) is 106 cm³/mol. The van der Waals surface area contributed by atoms with Gasteiger partial charge in [0.05, 0.1) is 5.56 Å². The van der Waals surface area contributed by atoms with E-state index < -0.39 is 11.7 Å². The van der Waals surface area contributed by atoms with Gasteiger partial charge >= 0.3 is 6.18 Å². The van der Waals surface area contributed by atoms with Crippen molar-refractivity contribution in [1.29, 1.82) is 0 Å². The number of fused-ring (bicyclic) bond motifs is 1. The Morgan fingerprint density at radius 2 is 1.86 bits per heavy atom. The second-order valence-electron chi connectivity index (χ2n) is 6.81. The summed E-state index contributed by atoms with van der Waals surface area (Å²) < 4.78 is 49.1. The third kappa shape index (κ3) is 4.25. The van der Waals surface area contributed by atoms with Crippen LogP contribution in [0.1, 0.15) is 29.9 Å². The molecule has 4 rings (SSSR count). The molecule has 0 radical (unpaired) electrons.